The highest BCUT2D eigenvalue weighted by molar-refractivity contribution is 7.99. The van der Waals surface area contributed by atoms with E-state index in [9.17, 15) is 4.79 Å². The predicted molar refractivity (Wildman–Crippen MR) is 81.1 cm³/mol. The Morgan fingerprint density at radius 1 is 1.55 bits per heavy atom. The van der Waals surface area contributed by atoms with Gasteiger partial charge in [-0.25, -0.2) is 0 Å². The standard InChI is InChI=1S/C13H18N6O2S/c1-18-5-4-10(17-18)12-15-16-13(22-8-11(14)20)19(12)7-9-3-2-6-21-9/h4-5,9H,2-3,6-8H2,1H3,(H2,14,20)/t9-/m1/s1. The van der Waals surface area contributed by atoms with Crippen molar-refractivity contribution in [1.82, 2.24) is 24.5 Å². The molecule has 2 aromatic heterocycles. The summed E-state index contributed by atoms with van der Waals surface area (Å²) in [5, 5.41) is 13.4. The molecule has 1 aliphatic heterocycles. The number of hydrogen-bond donors (Lipinski definition) is 1. The molecular weight excluding hydrogens is 304 g/mol. The van der Waals surface area contributed by atoms with Crippen molar-refractivity contribution in [3.8, 4) is 11.5 Å². The number of carbonyl (C=O) groups is 1. The second kappa shape index (κ2) is 6.49. The van der Waals surface area contributed by atoms with E-state index in [-0.39, 0.29) is 17.8 Å². The fraction of sp³-hybridized carbons (Fsp3) is 0.538. The van der Waals surface area contributed by atoms with Gasteiger partial charge < -0.3 is 10.5 Å². The van der Waals surface area contributed by atoms with Crippen molar-refractivity contribution < 1.29 is 9.53 Å². The number of hydrogen-bond acceptors (Lipinski definition) is 6. The maximum absolute atomic E-state index is 11.0. The lowest BCUT2D eigenvalue weighted by Gasteiger charge is -2.13. The number of nitrogens with zero attached hydrogens (tertiary/aromatic N) is 5. The van der Waals surface area contributed by atoms with E-state index in [0.717, 1.165) is 25.1 Å². The summed E-state index contributed by atoms with van der Waals surface area (Å²) < 4.78 is 9.38. The van der Waals surface area contributed by atoms with Gasteiger partial charge in [-0.1, -0.05) is 11.8 Å². The van der Waals surface area contributed by atoms with Crippen molar-refractivity contribution in [2.75, 3.05) is 12.4 Å². The van der Waals surface area contributed by atoms with Crippen LogP contribution < -0.4 is 5.73 Å². The molecule has 0 saturated carbocycles. The average Bonchev–Trinajstić information content (AvgIpc) is 3.18. The van der Waals surface area contributed by atoms with Crippen LogP contribution in [0.4, 0.5) is 0 Å². The minimum Gasteiger partial charge on any atom is -0.376 e. The number of primary amides is 1. The van der Waals surface area contributed by atoms with Crippen LogP contribution >= 0.6 is 11.8 Å². The first-order chi connectivity index (χ1) is 10.6. The van der Waals surface area contributed by atoms with Crippen LogP contribution in [-0.2, 0) is 23.1 Å². The molecule has 9 heteroatoms. The van der Waals surface area contributed by atoms with Crippen LogP contribution in [0.3, 0.4) is 0 Å². The summed E-state index contributed by atoms with van der Waals surface area (Å²) in [5.74, 6) is 0.477. The first-order valence-electron chi connectivity index (χ1n) is 7.09. The molecule has 3 heterocycles. The van der Waals surface area contributed by atoms with Crippen molar-refractivity contribution in [2.45, 2.75) is 30.6 Å². The Hall–Kier alpha value is -1.87. The van der Waals surface area contributed by atoms with Crippen molar-refractivity contribution in [3.63, 3.8) is 0 Å². The Balaban J connectivity index is 1.89. The zero-order chi connectivity index (χ0) is 15.5. The van der Waals surface area contributed by atoms with Crippen molar-refractivity contribution in [1.29, 1.82) is 0 Å². The zero-order valence-electron chi connectivity index (χ0n) is 12.3. The maximum atomic E-state index is 11.0. The molecular formula is C13H18N6O2S. The van der Waals surface area contributed by atoms with Gasteiger partial charge in [0, 0.05) is 19.9 Å². The van der Waals surface area contributed by atoms with Gasteiger partial charge in [0.1, 0.15) is 5.69 Å². The molecule has 0 aromatic carbocycles. The van der Waals surface area contributed by atoms with Crippen LogP contribution in [-0.4, -0.2) is 48.9 Å². The van der Waals surface area contributed by atoms with Crippen molar-refractivity contribution >= 4 is 17.7 Å². The van der Waals surface area contributed by atoms with Gasteiger partial charge in [-0.15, -0.1) is 10.2 Å². The number of ether oxygens (including phenoxy) is 1. The number of rotatable bonds is 6. The molecule has 2 N–H and O–H groups in total. The Morgan fingerprint density at radius 2 is 2.41 bits per heavy atom. The van der Waals surface area contributed by atoms with E-state index in [1.165, 1.54) is 11.8 Å². The third-order valence-electron chi connectivity index (χ3n) is 3.41. The zero-order valence-corrected chi connectivity index (χ0v) is 13.1. The highest BCUT2D eigenvalue weighted by Crippen LogP contribution is 2.25. The molecule has 8 nitrogen and oxygen atoms in total. The van der Waals surface area contributed by atoms with Gasteiger partial charge in [0.25, 0.3) is 0 Å². The van der Waals surface area contributed by atoms with Gasteiger partial charge in [0.05, 0.1) is 18.4 Å². The number of carbonyl (C=O) groups excluding carboxylic acids is 1. The van der Waals surface area contributed by atoms with E-state index in [2.05, 4.69) is 15.3 Å². The van der Waals surface area contributed by atoms with Crippen molar-refractivity contribution in [2.24, 2.45) is 12.8 Å². The average molecular weight is 322 g/mol. The van der Waals surface area contributed by atoms with E-state index in [1.54, 1.807) is 4.68 Å². The molecule has 2 aromatic rings. The van der Waals surface area contributed by atoms with Crippen LogP contribution in [0.15, 0.2) is 17.4 Å². The lowest BCUT2D eigenvalue weighted by Crippen LogP contribution is -2.18. The van der Waals surface area contributed by atoms with Gasteiger partial charge in [0.2, 0.25) is 5.91 Å². The molecule has 0 radical (unpaired) electrons. The predicted octanol–water partition coefficient (Wildman–Crippen LogP) is 0.435. The number of aryl methyl sites for hydroxylation is 1. The molecule has 0 aliphatic carbocycles. The Kier molecular flexibility index (Phi) is 4.44. The molecule has 1 atom stereocenters. The monoisotopic (exact) mass is 322 g/mol. The largest absolute Gasteiger partial charge is 0.376 e. The Bertz CT molecular complexity index is 661. The molecule has 22 heavy (non-hydrogen) atoms. The second-order valence-electron chi connectivity index (χ2n) is 5.18. The van der Waals surface area contributed by atoms with E-state index in [1.807, 2.05) is 23.9 Å². The third kappa shape index (κ3) is 3.30. The highest BCUT2D eigenvalue weighted by atomic mass is 32.2. The molecule has 1 saturated heterocycles. The lowest BCUT2D eigenvalue weighted by molar-refractivity contribution is -0.115. The van der Waals surface area contributed by atoms with Crippen LogP contribution in [0, 0.1) is 0 Å². The fourth-order valence-electron chi connectivity index (χ4n) is 2.41. The Morgan fingerprint density at radius 3 is 3.05 bits per heavy atom. The molecule has 0 spiro atoms. The second-order valence-corrected chi connectivity index (χ2v) is 6.12. The van der Waals surface area contributed by atoms with Gasteiger partial charge in [-0.2, -0.15) is 5.10 Å². The highest BCUT2D eigenvalue weighted by Gasteiger charge is 2.22. The summed E-state index contributed by atoms with van der Waals surface area (Å²) in [5.41, 5.74) is 5.97. The van der Waals surface area contributed by atoms with E-state index in [4.69, 9.17) is 10.5 Å². The molecule has 0 unspecified atom stereocenters. The minimum absolute atomic E-state index is 0.145. The number of nitrogens with two attached hydrogens (primary N) is 1. The van der Waals surface area contributed by atoms with Gasteiger partial charge in [-0.3, -0.25) is 14.0 Å². The van der Waals surface area contributed by atoms with Gasteiger partial charge in [-0.05, 0) is 18.9 Å². The summed E-state index contributed by atoms with van der Waals surface area (Å²) in [6.07, 6.45) is 4.08. The first-order valence-corrected chi connectivity index (χ1v) is 8.08. The van der Waals surface area contributed by atoms with E-state index in [0.29, 0.717) is 17.5 Å². The van der Waals surface area contributed by atoms with Crippen LogP contribution in [0.5, 0.6) is 0 Å². The van der Waals surface area contributed by atoms with E-state index < -0.39 is 0 Å². The summed E-state index contributed by atoms with van der Waals surface area (Å²) >= 11 is 1.29. The quantitative estimate of drug-likeness (QED) is 0.774. The summed E-state index contributed by atoms with van der Waals surface area (Å²) in [6.45, 7) is 1.44. The summed E-state index contributed by atoms with van der Waals surface area (Å²) in [7, 11) is 1.85. The molecule has 1 fully saturated rings. The third-order valence-corrected chi connectivity index (χ3v) is 4.40. The van der Waals surface area contributed by atoms with Crippen molar-refractivity contribution in [3.05, 3.63) is 12.3 Å². The molecule has 118 valence electrons. The van der Waals surface area contributed by atoms with Crippen LogP contribution in [0.2, 0.25) is 0 Å². The molecule has 0 bridgehead atoms. The van der Waals surface area contributed by atoms with Crippen LogP contribution in [0.1, 0.15) is 12.8 Å². The number of aromatic nitrogens is 5. The number of thioether (sulfide) groups is 1. The number of amides is 1. The lowest BCUT2D eigenvalue weighted by atomic mass is 10.2. The SMILES string of the molecule is Cn1ccc(-c2nnc(SCC(N)=O)n2C[C@H]2CCCO2)n1. The first kappa shape index (κ1) is 15.0. The van der Waals surface area contributed by atoms with Gasteiger partial charge in [0.15, 0.2) is 11.0 Å². The summed E-state index contributed by atoms with van der Waals surface area (Å²) in [6, 6.07) is 1.89. The fourth-order valence-corrected chi connectivity index (χ4v) is 3.10. The normalized spacial score (nSPS) is 18.0. The molecule has 3 rings (SSSR count). The smallest absolute Gasteiger partial charge is 0.227 e. The summed E-state index contributed by atoms with van der Waals surface area (Å²) in [4.78, 5) is 11.0. The maximum Gasteiger partial charge on any atom is 0.227 e. The molecule has 1 aliphatic rings. The van der Waals surface area contributed by atoms with Crippen LogP contribution in [0.25, 0.3) is 11.5 Å². The van der Waals surface area contributed by atoms with Gasteiger partial charge >= 0.3 is 0 Å². The van der Waals surface area contributed by atoms with E-state index >= 15 is 0 Å². The topological polar surface area (TPSA) is 101 Å². The minimum atomic E-state index is -0.379. The Labute approximate surface area is 132 Å². The molecule has 1 amide bonds.